The number of hydrogen-bond acceptors (Lipinski definition) is 6. The molecule has 0 spiro atoms. The van der Waals surface area contributed by atoms with Crippen molar-refractivity contribution in [2.24, 2.45) is 0 Å². The molecule has 4 aromatic rings. The second-order valence-electron chi connectivity index (χ2n) is 6.54. The van der Waals surface area contributed by atoms with Crippen LogP contribution in [-0.4, -0.2) is 38.3 Å². The summed E-state index contributed by atoms with van der Waals surface area (Å²) >= 11 is 0. The number of carboxylic acid groups (broad SMARTS) is 2. The smallest absolute Gasteiger partial charge is 0.478 e. The van der Waals surface area contributed by atoms with Gasteiger partial charge in [-0.05, 0) is 36.4 Å². The third-order valence-corrected chi connectivity index (χ3v) is 4.34. The molecule has 8 nitrogen and oxygen atoms in total. The Morgan fingerprint density at radius 3 is 2.36 bits per heavy atom. The van der Waals surface area contributed by atoms with Gasteiger partial charge in [-0.1, -0.05) is 12.1 Å². The third-order valence-electron chi connectivity index (χ3n) is 4.34. The number of aromatic carboxylic acids is 1. The van der Waals surface area contributed by atoms with Gasteiger partial charge in [0.2, 0.25) is 0 Å². The number of fused-ring (bicyclic) bond motifs is 3. The minimum Gasteiger partial charge on any atom is -0.478 e. The third kappa shape index (κ3) is 5.31. The zero-order chi connectivity index (χ0) is 24.2. The number of rotatable bonds is 3. The molecule has 0 unspecified atom stereocenters. The van der Waals surface area contributed by atoms with E-state index in [1.165, 1.54) is 0 Å². The molecule has 3 N–H and O–H groups in total. The number of benzene rings is 2. The lowest BCUT2D eigenvalue weighted by Crippen LogP contribution is -2.21. The summed E-state index contributed by atoms with van der Waals surface area (Å²) < 4.78 is 31.7. The Bertz CT molecular complexity index is 1410. The monoisotopic (exact) mass is 454 g/mol. The molecule has 166 valence electrons. The van der Waals surface area contributed by atoms with E-state index in [4.69, 9.17) is 15.2 Å². The molecule has 2 heterocycles. The minimum atomic E-state index is -5.08. The number of nitrogens with zero attached hydrogens (tertiary/aromatic N) is 3. The Labute approximate surface area is 183 Å². The number of alkyl halides is 3. The molecular weight excluding hydrogens is 441 g/mol. The minimum absolute atomic E-state index is 0.172. The molecule has 2 aromatic heterocycles. The first-order valence-corrected chi connectivity index (χ1v) is 9.08. The number of anilines is 2. The number of carboxylic acids is 2. The van der Waals surface area contributed by atoms with Crippen LogP contribution in [0.5, 0.6) is 0 Å². The Morgan fingerprint density at radius 1 is 1.00 bits per heavy atom. The number of aliphatic carboxylic acids is 1. The van der Waals surface area contributed by atoms with Gasteiger partial charge < -0.3 is 15.5 Å². The molecular formula is C22H13F3N4O4. The van der Waals surface area contributed by atoms with Gasteiger partial charge in [0.05, 0.1) is 22.7 Å². The Hall–Kier alpha value is -4.72. The molecule has 0 fully saturated rings. The van der Waals surface area contributed by atoms with E-state index in [0.717, 1.165) is 21.8 Å². The summed E-state index contributed by atoms with van der Waals surface area (Å²) in [5.41, 5.74) is 1.99. The van der Waals surface area contributed by atoms with Crippen molar-refractivity contribution in [3.8, 4) is 6.07 Å². The van der Waals surface area contributed by atoms with Crippen LogP contribution in [0.25, 0.3) is 21.7 Å². The van der Waals surface area contributed by atoms with E-state index in [0.29, 0.717) is 16.9 Å². The van der Waals surface area contributed by atoms with Gasteiger partial charge in [-0.2, -0.15) is 18.4 Å². The molecule has 0 atom stereocenters. The van der Waals surface area contributed by atoms with E-state index in [1.54, 1.807) is 48.8 Å². The number of pyridine rings is 2. The van der Waals surface area contributed by atoms with Gasteiger partial charge in [0.15, 0.2) is 0 Å². The lowest BCUT2D eigenvalue weighted by atomic mass is 10.1. The summed E-state index contributed by atoms with van der Waals surface area (Å²) in [6.07, 6.45) is -1.67. The van der Waals surface area contributed by atoms with Gasteiger partial charge in [-0.25, -0.2) is 14.6 Å². The summed E-state index contributed by atoms with van der Waals surface area (Å²) in [6.45, 7) is 0. The van der Waals surface area contributed by atoms with Crippen molar-refractivity contribution in [2.75, 3.05) is 5.32 Å². The molecule has 0 amide bonds. The Morgan fingerprint density at radius 2 is 1.73 bits per heavy atom. The molecule has 0 aliphatic heterocycles. The summed E-state index contributed by atoms with van der Waals surface area (Å²) in [6, 6.07) is 15.9. The summed E-state index contributed by atoms with van der Waals surface area (Å²) in [7, 11) is 0. The second kappa shape index (κ2) is 9.19. The van der Waals surface area contributed by atoms with Crippen LogP contribution in [0.3, 0.4) is 0 Å². The van der Waals surface area contributed by atoms with Crippen molar-refractivity contribution in [3.05, 3.63) is 72.1 Å². The molecule has 2 aromatic carbocycles. The predicted molar refractivity (Wildman–Crippen MR) is 112 cm³/mol. The van der Waals surface area contributed by atoms with E-state index in [-0.39, 0.29) is 5.56 Å². The van der Waals surface area contributed by atoms with Gasteiger partial charge in [0.1, 0.15) is 5.82 Å². The fourth-order valence-electron chi connectivity index (χ4n) is 2.88. The van der Waals surface area contributed by atoms with Crippen molar-refractivity contribution >= 4 is 45.1 Å². The average molecular weight is 454 g/mol. The van der Waals surface area contributed by atoms with Gasteiger partial charge in [-0.15, -0.1) is 0 Å². The first kappa shape index (κ1) is 23.0. The SMILES string of the molecule is N#Cc1cccc(Nc2nc3cc(C(=O)O)ccc3c3cnccc23)c1.O=C(O)C(F)(F)F. The maximum atomic E-state index is 11.3. The summed E-state index contributed by atoms with van der Waals surface area (Å²) in [4.78, 5) is 29.0. The summed E-state index contributed by atoms with van der Waals surface area (Å²) in [5, 5.41) is 31.2. The van der Waals surface area contributed by atoms with E-state index >= 15 is 0 Å². The number of nitriles is 1. The van der Waals surface area contributed by atoms with Crippen molar-refractivity contribution < 1.29 is 33.0 Å². The van der Waals surface area contributed by atoms with Gasteiger partial charge in [0.25, 0.3) is 0 Å². The van der Waals surface area contributed by atoms with Crippen LogP contribution in [-0.2, 0) is 4.79 Å². The molecule has 0 radical (unpaired) electrons. The first-order chi connectivity index (χ1) is 15.6. The highest BCUT2D eigenvalue weighted by Crippen LogP contribution is 2.31. The highest BCUT2D eigenvalue weighted by molar-refractivity contribution is 6.11. The fourth-order valence-corrected chi connectivity index (χ4v) is 2.88. The van der Waals surface area contributed by atoms with Crippen molar-refractivity contribution in [3.63, 3.8) is 0 Å². The molecule has 0 saturated carbocycles. The number of nitrogens with one attached hydrogen (secondary N) is 1. The number of carbonyl (C=O) groups is 2. The van der Waals surface area contributed by atoms with Crippen LogP contribution in [0.4, 0.5) is 24.7 Å². The predicted octanol–water partition coefficient (Wildman–Crippen LogP) is 4.73. The van der Waals surface area contributed by atoms with E-state index in [2.05, 4.69) is 21.4 Å². The van der Waals surface area contributed by atoms with E-state index in [9.17, 15) is 23.1 Å². The number of hydrogen-bond donors (Lipinski definition) is 3. The Balaban J connectivity index is 0.000000383. The number of aromatic nitrogens is 2. The van der Waals surface area contributed by atoms with Crippen LogP contribution < -0.4 is 5.32 Å². The molecule has 11 heteroatoms. The molecule has 0 bridgehead atoms. The second-order valence-corrected chi connectivity index (χ2v) is 6.54. The molecule has 0 aliphatic carbocycles. The lowest BCUT2D eigenvalue weighted by Gasteiger charge is -2.12. The van der Waals surface area contributed by atoms with Crippen LogP contribution in [0.1, 0.15) is 15.9 Å². The van der Waals surface area contributed by atoms with E-state index in [1.807, 2.05) is 12.1 Å². The standard InChI is InChI=1S/C20H12N4O2.C2HF3O2/c21-10-12-2-1-3-14(8-12)23-19-16-6-7-22-11-17(16)15-5-4-13(20(25)26)9-18(15)24-19;3-2(4,5)1(6)7/h1-9,11H,(H,23,24)(H,25,26);(H,6,7). The van der Waals surface area contributed by atoms with Crippen molar-refractivity contribution in [1.82, 2.24) is 9.97 Å². The largest absolute Gasteiger partial charge is 0.490 e. The van der Waals surface area contributed by atoms with E-state index < -0.39 is 18.1 Å². The fraction of sp³-hybridized carbons (Fsp3) is 0.0455. The topological polar surface area (TPSA) is 136 Å². The van der Waals surface area contributed by atoms with Crippen molar-refractivity contribution in [1.29, 1.82) is 5.26 Å². The van der Waals surface area contributed by atoms with Crippen molar-refractivity contribution in [2.45, 2.75) is 6.18 Å². The maximum absolute atomic E-state index is 11.3. The molecule has 0 aliphatic rings. The molecule has 4 rings (SSSR count). The highest BCUT2D eigenvalue weighted by atomic mass is 19.4. The molecule has 0 saturated heterocycles. The van der Waals surface area contributed by atoms with Crippen LogP contribution in [0.2, 0.25) is 0 Å². The number of halogens is 3. The first-order valence-electron chi connectivity index (χ1n) is 9.08. The van der Waals surface area contributed by atoms with Crippen LogP contribution in [0.15, 0.2) is 60.9 Å². The quantitative estimate of drug-likeness (QED) is 0.378. The molecule has 33 heavy (non-hydrogen) atoms. The van der Waals surface area contributed by atoms with Crippen LogP contribution in [0, 0.1) is 11.3 Å². The summed E-state index contributed by atoms with van der Waals surface area (Å²) in [5.74, 6) is -3.18. The maximum Gasteiger partial charge on any atom is 0.490 e. The normalized spacial score (nSPS) is 10.7. The zero-order valence-electron chi connectivity index (χ0n) is 16.5. The lowest BCUT2D eigenvalue weighted by molar-refractivity contribution is -0.192. The highest BCUT2D eigenvalue weighted by Gasteiger charge is 2.38. The zero-order valence-corrected chi connectivity index (χ0v) is 16.5. The van der Waals surface area contributed by atoms with Gasteiger partial charge in [0, 0.05) is 34.2 Å². The van der Waals surface area contributed by atoms with Gasteiger partial charge in [-0.3, -0.25) is 4.98 Å². The Kier molecular flexibility index (Phi) is 6.39. The van der Waals surface area contributed by atoms with Crippen LogP contribution >= 0.6 is 0 Å². The average Bonchev–Trinajstić information content (AvgIpc) is 2.78. The van der Waals surface area contributed by atoms with Gasteiger partial charge >= 0.3 is 18.1 Å².